The summed E-state index contributed by atoms with van der Waals surface area (Å²) in [5, 5.41) is 18.5. The van der Waals surface area contributed by atoms with E-state index in [-0.39, 0.29) is 23.7 Å². The normalized spacial score (nSPS) is 13.9. The number of hydrogen-bond donors (Lipinski definition) is 3. The van der Waals surface area contributed by atoms with Gasteiger partial charge in [-0.25, -0.2) is 0 Å². The fourth-order valence-electron chi connectivity index (χ4n) is 1.51. The van der Waals surface area contributed by atoms with E-state index in [0.717, 1.165) is 6.07 Å². The highest BCUT2D eigenvalue weighted by molar-refractivity contribution is 5.74. The number of carboxylic acid groups (broad SMARTS) is 1. The van der Waals surface area contributed by atoms with Gasteiger partial charge in [0.1, 0.15) is 12.1 Å². The molecule has 6 nitrogen and oxygen atoms in total. The molecule has 20 heavy (non-hydrogen) atoms. The average molecular weight is 291 g/mol. The third kappa shape index (κ3) is 4.04. The summed E-state index contributed by atoms with van der Waals surface area (Å²) in [7, 11) is 0. The van der Waals surface area contributed by atoms with Gasteiger partial charge in [-0.3, -0.25) is 4.79 Å². The number of carbonyl (C=O) groups is 1. The van der Waals surface area contributed by atoms with Crippen molar-refractivity contribution in [3.63, 3.8) is 0 Å². The number of nitrogens with two attached hydrogens (primary N) is 1. The molecule has 0 amide bonds. The highest BCUT2D eigenvalue weighted by atomic mass is 19.3. The molecule has 0 spiro atoms. The predicted molar refractivity (Wildman–Crippen MR) is 64.8 cm³/mol. The summed E-state index contributed by atoms with van der Waals surface area (Å²) in [6.45, 7) is -1.20. The van der Waals surface area contributed by atoms with E-state index in [9.17, 15) is 18.7 Å². The van der Waals surface area contributed by atoms with E-state index in [0.29, 0.717) is 0 Å². The molecule has 0 aliphatic heterocycles. The molecule has 0 aliphatic carbocycles. The Bertz CT molecular complexity index is 469. The van der Waals surface area contributed by atoms with Crippen LogP contribution in [-0.2, 0) is 4.79 Å². The lowest BCUT2D eigenvalue weighted by Crippen LogP contribution is -2.36. The number of ether oxygens (including phenoxy) is 2. The van der Waals surface area contributed by atoms with Gasteiger partial charge in [0, 0.05) is 0 Å². The number of rotatable bonds is 7. The van der Waals surface area contributed by atoms with Crippen molar-refractivity contribution < 1.29 is 33.3 Å². The fourth-order valence-corrected chi connectivity index (χ4v) is 1.51. The molecule has 0 heterocycles. The van der Waals surface area contributed by atoms with Crippen molar-refractivity contribution in [1.29, 1.82) is 0 Å². The largest absolute Gasteiger partial charge is 0.490 e. The lowest BCUT2D eigenvalue weighted by atomic mass is 10.0. The number of aliphatic carboxylic acids is 1. The zero-order chi connectivity index (χ0) is 15.3. The van der Waals surface area contributed by atoms with E-state index < -0.39 is 24.7 Å². The average Bonchev–Trinajstić information content (AvgIpc) is 2.38. The van der Waals surface area contributed by atoms with Crippen LogP contribution in [0.2, 0.25) is 0 Å². The van der Waals surface area contributed by atoms with Gasteiger partial charge in [0.2, 0.25) is 0 Å². The van der Waals surface area contributed by atoms with Crippen molar-refractivity contribution in [2.45, 2.75) is 25.7 Å². The Kier molecular flexibility index (Phi) is 5.66. The number of aliphatic hydroxyl groups is 1. The van der Waals surface area contributed by atoms with Gasteiger partial charge < -0.3 is 25.4 Å². The van der Waals surface area contributed by atoms with Gasteiger partial charge in [-0.1, -0.05) is 6.07 Å². The van der Waals surface area contributed by atoms with Gasteiger partial charge in [0.25, 0.3) is 0 Å². The molecule has 8 heteroatoms. The molecule has 1 rings (SSSR count). The van der Waals surface area contributed by atoms with Crippen LogP contribution < -0.4 is 15.2 Å². The van der Waals surface area contributed by atoms with E-state index >= 15 is 0 Å². The number of benzene rings is 1. The predicted octanol–water partition coefficient (Wildman–Crippen LogP) is 1.13. The molecule has 4 N–H and O–H groups in total. The summed E-state index contributed by atoms with van der Waals surface area (Å²) < 4.78 is 33.8. The minimum absolute atomic E-state index is 0.0260. The minimum atomic E-state index is -3.02. The van der Waals surface area contributed by atoms with Crippen LogP contribution in [0, 0.1) is 0 Å². The second kappa shape index (κ2) is 7.01. The van der Waals surface area contributed by atoms with Crippen molar-refractivity contribution in [3.8, 4) is 11.5 Å². The molecule has 0 aromatic heterocycles. The molecule has 112 valence electrons. The lowest BCUT2D eigenvalue weighted by Gasteiger charge is -2.18. The molecule has 2 atom stereocenters. The van der Waals surface area contributed by atoms with Crippen LogP contribution >= 0.6 is 0 Å². The van der Waals surface area contributed by atoms with Crippen LogP contribution in [0.3, 0.4) is 0 Å². The summed E-state index contributed by atoms with van der Waals surface area (Å²) >= 11 is 0. The summed E-state index contributed by atoms with van der Waals surface area (Å²) in [6.07, 6.45) is -1.49. The zero-order valence-electron chi connectivity index (χ0n) is 10.6. The van der Waals surface area contributed by atoms with Crippen LogP contribution in [0.15, 0.2) is 18.2 Å². The number of hydrogen-bond acceptors (Lipinski definition) is 5. The van der Waals surface area contributed by atoms with E-state index in [4.69, 9.17) is 15.6 Å². The Labute approximate surface area is 113 Å². The summed E-state index contributed by atoms with van der Waals surface area (Å²) in [5.41, 5.74) is 5.42. The molecule has 0 saturated heterocycles. The third-order valence-electron chi connectivity index (χ3n) is 2.45. The summed E-state index contributed by atoms with van der Waals surface area (Å²) in [6, 6.07) is 2.08. The number of aliphatic hydroxyl groups excluding tert-OH is 1. The SMILES string of the molecule is CCOc1cc(C(O)C(N)C(=O)O)ccc1OC(F)F. The first kappa shape index (κ1) is 16.1. The number of alkyl halides is 2. The second-order valence-electron chi connectivity index (χ2n) is 3.83. The van der Waals surface area contributed by atoms with Crippen LogP contribution in [-0.4, -0.2) is 35.4 Å². The summed E-state index contributed by atoms with van der Waals surface area (Å²) in [5.74, 6) is -1.62. The molecular formula is C12H15F2NO5. The Balaban J connectivity index is 3.05. The molecule has 0 aliphatic rings. The second-order valence-corrected chi connectivity index (χ2v) is 3.83. The molecule has 1 aromatic carbocycles. The molecule has 0 fully saturated rings. The first-order chi connectivity index (χ1) is 9.36. The van der Waals surface area contributed by atoms with Crippen LogP contribution in [0.1, 0.15) is 18.6 Å². The minimum Gasteiger partial charge on any atom is -0.490 e. The third-order valence-corrected chi connectivity index (χ3v) is 2.45. The van der Waals surface area contributed by atoms with Crippen LogP contribution in [0.25, 0.3) is 0 Å². The van der Waals surface area contributed by atoms with Gasteiger partial charge in [-0.05, 0) is 24.6 Å². The van der Waals surface area contributed by atoms with E-state index in [2.05, 4.69) is 4.74 Å². The molecule has 0 saturated carbocycles. The smallest absolute Gasteiger partial charge is 0.387 e. The Morgan fingerprint density at radius 1 is 1.40 bits per heavy atom. The zero-order valence-corrected chi connectivity index (χ0v) is 10.6. The van der Waals surface area contributed by atoms with Crippen molar-refractivity contribution in [1.82, 2.24) is 0 Å². The Morgan fingerprint density at radius 3 is 2.55 bits per heavy atom. The standard InChI is InChI=1S/C12H15F2NO5/c1-2-19-8-5-6(10(16)9(15)11(17)18)3-4-7(8)20-12(13)14/h3-5,9-10,12,16H,2,15H2,1H3,(H,17,18). The first-order valence-electron chi connectivity index (χ1n) is 5.74. The van der Waals surface area contributed by atoms with Crippen molar-refractivity contribution >= 4 is 5.97 Å². The first-order valence-corrected chi connectivity index (χ1v) is 5.74. The molecule has 2 unspecified atom stereocenters. The van der Waals surface area contributed by atoms with E-state index in [1.165, 1.54) is 12.1 Å². The highest BCUT2D eigenvalue weighted by Gasteiger charge is 2.25. The van der Waals surface area contributed by atoms with E-state index in [1.807, 2.05) is 0 Å². The topological polar surface area (TPSA) is 102 Å². The number of carboxylic acids is 1. The lowest BCUT2D eigenvalue weighted by molar-refractivity contribution is -0.141. The van der Waals surface area contributed by atoms with Gasteiger partial charge in [0.15, 0.2) is 11.5 Å². The molecule has 0 radical (unpaired) electrons. The van der Waals surface area contributed by atoms with Crippen molar-refractivity contribution in [2.75, 3.05) is 6.61 Å². The van der Waals surface area contributed by atoms with Gasteiger partial charge in [0.05, 0.1) is 6.61 Å². The van der Waals surface area contributed by atoms with E-state index in [1.54, 1.807) is 6.92 Å². The maximum absolute atomic E-state index is 12.2. The monoisotopic (exact) mass is 291 g/mol. The molecule has 0 bridgehead atoms. The van der Waals surface area contributed by atoms with Gasteiger partial charge in [-0.2, -0.15) is 8.78 Å². The van der Waals surface area contributed by atoms with Crippen LogP contribution in [0.4, 0.5) is 8.78 Å². The summed E-state index contributed by atoms with van der Waals surface area (Å²) in [4.78, 5) is 10.7. The van der Waals surface area contributed by atoms with Gasteiger partial charge >= 0.3 is 12.6 Å². The Hall–Kier alpha value is -1.93. The quantitative estimate of drug-likeness (QED) is 0.696. The molecule has 1 aromatic rings. The highest BCUT2D eigenvalue weighted by Crippen LogP contribution is 2.32. The van der Waals surface area contributed by atoms with Crippen LogP contribution in [0.5, 0.6) is 11.5 Å². The fraction of sp³-hybridized carbons (Fsp3) is 0.417. The maximum atomic E-state index is 12.2. The Morgan fingerprint density at radius 2 is 2.05 bits per heavy atom. The number of halogens is 2. The van der Waals surface area contributed by atoms with Crippen molar-refractivity contribution in [3.05, 3.63) is 23.8 Å². The maximum Gasteiger partial charge on any atom is 0.387 e. The molecular weight excluding hydrogens is 276 g/mol. The van der Waals surface area contributed by atoms with Crippen molar-refractivity contribution in [2.24, 2.45) is 5.73 Å². The van der Waals surface area contributed by atoms with Gasteiger partial charge in [-0.15, -0.1) is 0 Å².